The summed E-state index contributed by atoms with van der Waals surface area (Å²) in [6, 6.07) is -2.10. The number of imide groups is 1. The van der Waals surface area contributed by atoms with Crippen molar-refractivity contribution in [3.05, 3.63) is 0 Å². The van der Waals surface area contributed by atoms with Crippen LogP contribution in [0.3, 0.4) is 0 Å². The normalized spacial score (nSPS) is 13.8. The van der Waals surface area contributed by atoms with E-state index in [1.54, 1.807) is 41.5 Å². The van der Waals surface area contributed by atoms with E-state index in [-0.39, 0.29) is 11.5 Å². The van der Waals surface area contributed by atoms with Crippen molar-refractivity contribution in [1.82, 2.24) is 9.80 Å². The predicted molar refractivity (Wildman–Crippen MR) is 117 cm³/mol. The second-order valence-corrected chi connectivity index (χ2v) is 11.1. The summed E-state index contributed by atoms with van der Waals surface area (Å²) in [6.07, 6.45) is -1.58. The molecule has 0 aliphatic heterocycles. The van der Waals surface area contributed by atoms with E-state index in [4.69, 9.17) is 20.3 Å². The number of hydrogen-bond donors (Lipinski definition) is 2. The molecule has 3 amide bonds. The van der Waals surface area contributed by atoms with Gasteiger partial charge in [-0.15, -0.1) is 0 Å². The molecule has 0 aliphatic rings. The highest BCUT2D eigenvalue weighted by Crippen LogP contribution is 2.25. The lowest BCUT2D eigenvalue weighted by Crippen LogP contribution is -2.52. The molecule has 10 nitrogen and oxygen atoms in total. The van der Waals surface area contributed by atoms with E-state index in [2.05, 4.69) is 0 Å². The maximum absolute atomic E-state index is 13.0. The van der Waals surface area contributed by atoms with Gasteiger partial charge in [0.1, 0.15) is 23.3 Å². The van der Waals surface area contributed by atoms with E-state index in [0.29, 0.717) is 0 Å². The number of hydrogen-bond acceptors (Lipinski definition) is 9. The summed E-state index contributed by atoms with van der Waals surface area (Å²) in [7, 11) is 4.98. The average Bonchev–Trinajstić information content (AvgIpc) is 2.56. The number of amides is 3. The number of likely N-dealkylation sites (N-methyl/N-ethyl adjacent to an activating group) is 2. The molecule has 0 aromatic heterocycles. The van der Waals surface area contributed by atoms with Gasteiger partial charge in [0.25, 0.3) is 5.91 Å². The van der Waals surface area contributed by atoms with Gasteiger partial charge >= 0.3 is 18.2 Å². The van der Waals surface area contributed by atoms with Crippen molar-refractivity contribution < 1.29 is 33.8 Å². The predicted octanol–water partition coefficient (Wildman–Crippen LogP) is 2.41. The molecule has 0 aromatic rings. The Balaban J connectivity index is 5.34. The maximum atomic E-state index is 13.0. The lowest BCUT2D eigenvalue weighted by molar-refractivity contribution is -0.138. The Kier molecular flexibility index (Phi) is 11.0. The molecule has 0 fully saturated rings. The van der Waals surface area contributed by atoms with Gasteiger partial charge in [-0.05, 0) is 41.5 Å². The molecule has 174 valence electrons. The van der Waals surface area contributed by atoms with Crippen LogP contribution in [0.5, 0.6) is 0 Å². The minimum atomic E-state index is -1.13. The van der Waals surface area contributed by atoms with E-state index < -0.39 is 47.3 Å². The van der Waals surface area contributed by atoms with E-state index in [0.717, 1.165) is 20.6 Å². The minimum absolute atomic E-state index is 0.0821. The molecule has 0 saturated heterocycles. The third-order valence-corrected chi connectivity index (χ3v) is 5.74. The van der Waals surface area contributed by atoms with Crippen LogP contribution in [0.1, 0.15) is 41.5 Å². The van der Waals surface area contributed by atoms with E-state index in [1.165, 1.54) is 24.9 Å². The number of carboxylic acid groups (broad SMARTS) is 1. The van der Waals surface area contributed by atoms with Gasteiger partial charge < -0.3 is 20.3 Å². The average molecular weight is 468 g/mol. The Morgan fingerprint density at radius 1 is 0.900 bits per heavy atom. The third-order valence-electron chi connectivity index (χ3n) is 3.31. The molecule has 12 heteroatoms. The van der Waals surface area contributed by atoms with Crippen molar-refractivity contribution in [2.24, 2.45) is 5.73 Å². The summed E-state index contributed by atoms with van der Waals surface area (Å²) in [4.78, 5) is 50.4. The van der Waals surface area contributed by atoms with Crippen LogP contribution < -0.4 is 5.73 Å². The number of carboxylic acids is 1. The first-order valence-corrected chi connectivity index (χ1v) is 11.6. The van der Waals surface area contributed by atoms with Crippen molar-refractivity contribution in [3.8, 4) is 0 Å². The number of carbonyl (C=O) groups excluding carboxylic acids is 3. The highest BCUT2D eigenvalue weighted by Gasteiger charge is 2.35. The number of aliphatic carboxylic acids is 1. The topological polar surface area (TPSA) is 139 Å². The SMILES string of the molecule is CN(C(=O)OC(C)(C)C)C(=O)[C@H](CSSC[C@H](N)C(=O)O)N(C)C(=O)OC(C)(C)C. The molecule has 0 spiro atoms. The molecule has 0 aliphatic carbocycles. The van der Waals surface area contributed by atoms with Crippen molar-refractivity contribution in [2.45, 2.75) is 64.8 Å². The highest BCUT2D eigenvalue weighted by atomic mass is 33.1. The summed E-state index contributed by atoms with van der Waals surface area (Å²) < 4.78 is 10.5. The van der Waals surface area contributed by atoms with Gasteiger partial charge in [0.2, 0.25) is 0 Å². The van der Waals surface area contributed by atoms with Crippen LogP contribution in [-0.4, -0.2) is 87.9 Å². The number of nitrogens with two attached hydrogens (primary N) is 1. The Morgan fingerprint density at radius 2 is 1.33 bits per heavy atom. The molecule has 0 unspecified atom stereocenters. The monoisotopic (exact) mass is 467 g/mol. The molecular formula is C18H33N3O7S2. The van der Waals surface area contributed by atoms with Crippen LogP contribution in [0.2, 0.25) is 0 Å². The van der Waals surface area contributed by atoms with Gasteiger partial charge in [-0.2, -0.15) is 0 Å². The van der Waals surface area contributed by atoms with Crippen LogP contribution in [-0.2, 0) is 19.1 Å². The zero-order valence-corrected chi connectivity index (χ0v) is 20.4. The zero-order valence-electron chi connectivity index (χ0n) is 18.8. The zero-order chi connectivity index (χ0) is 23.9. The van der Waals surface area contributed by atoms with Gasteiger partial charge in [0.15, 0.2) is 0 Å². The molecule has 0 heterocycles. The van der Waals surface area contributed by atoms with Crippen molar-refractivity contribution in [3.63, 3.8) is 0 Å². The molecule has 0 saturated carbocycles. The molecule has 0 aromatic carbocycles. The van der Waals surface area contributed by atoms with E-state index >= 15 is 0 Å². The first kappa shape index (κ1) is 28.3. The summed E-state index contributed by atoms with van der Waals surface area (Å²) in [5.41, 5.74) is 3.90. The van der Waals surface area contributed by atoms with Crippen molar-refractivity contribution >= 4 is 45.7 Å². The molecule has 0 rings (SSSR count). The second-order valence-electron chi connectivity index (χ2n) is 8.50. The minimum Gasteiger partial charge on any atom is -0.480 e. The fourth-order valence-electron chi connectivity index (χ4n) is 1.76. The Bertz CT molecular complexity index is 632. The van der Waals surface area contributed by atoms with Gasteiger partial charge in [-0.3, -0.25) is 14.5 Å². The molecule has 3 N–H and O–H groups in total. The van der Waals surface area contributed by atoms with Crippen LogP contribution in [0, 0.1) is 0 Å². The van der Waals surface area contributed by atoms with Crippen LogP contribution >= 0.6 is 21.6 Å². The smallest absolute Gasteiger partial charge is 0.416 e. The second kappa shape index (κ2) is 11.7. The van der Waals surface area contributed by atoms with E-state index in [9.17, 15) is 19.2 Å². The van der Waals surface area contributed by atoms with Crippen LogP contribution in [0.4, 0.5) is 9.59 Å². The number of ether oxygens (including phenoxy) is 2. The lowest BCUT2D eigenvalue weighted by atomic mass is 10.2. The summed E-state index contributed by atoms with van der Waals surface area (Å²) in [5, 5.41) is 8.85. The van der Waals surface area contributed by atoms with Crippen LogP contribution in [0.15, 0.2) is 0 Å². The van der Waals surface area contributed by atoms with Crippen molar-refractivity contribution in [2.75, 3.05) is 25.6 Å². The standard InChI is InChI=1S/C18H33N3O7S2/c1-17(2,3)27-15(25)20(7)12(10-30-29-9-11(19)14(23)24)13(22)21(8)16(26)28-18(4,5)6/h11-12H,9-10,19H2,1-8H3,(H,23,24)/t11-,12-/m0/s1. The summed E-state index contributed by atoms with van der Waals surface area (Å²) in [5.74, 6) is -1.60. The maximum Gasteiger partial charge on any atom is 0.416 e. The largest absolute Gasteiger partial charge is 0.480 e. The number of nitrogens with zero attached hydrogens (tertiary/aromatic N) is 2. The first-order valence-electron chi connectivity index (χ1n) is 9.15. The first-order chi connectivity index (χ1) is 13.5. The summed E-state index contributed by atoms with van der Waals surface area (Å²) in [6.45, 7) is 10.1. The number of rotatable bonds is 8. The van der Waals surface area contributed by atoms with Gasteiger partial charge in [-0.25, -0.2) is 14.5 Å². The highest BCUT2D eigenvalue weighted by molar-refractivity contribution is 8.76. The summed E-state index contributed by atoms with van der Waals surface area (Å²) >= 11 is 0. The Hall–Kier alpha value is -1.66. The number of carbonyl (C=O) groups is 4. The van der Waals surface area contributed by atoms with E-state index in [1.807, 2.05) is 0 Å². The quantitative estimate of drug-likeness (QED) is 0.404. The third kappa shape index (κ3) is 10.9. The lowest BCUT2D eigenvalue weighted by Gasteiger charge is -2.32. The van der Waals surface area contributed by atoms with Gasteiger partial charge in [0.05, 0.1) is 0 Å². The van der Waals surface area contributed by atoms with Gasteiger partial charge in [-0.1, -0.05) is 21.6 Å². The van der Waals surface area contributed by atoms with Crippen molar-refractivity contribution in [1.29, 1.82) is 0 Å². The fourth-order valence-corrected chi connectivity index (χ4v) is 4.14. The molecule has 30 heavy (non-hydrogen) atoms. The molecular weight excluding hydrogens is 434 g/mol. The van der Waals surface area contributed by atoms with Gasteiger partial charge in [0, 0.05) is 25.6 Å². The Morgan fingerprint density at radius 3 is 1.77 bits per heavy atom. The Labute approximate surface area is 185 Å². The molecule has 0 bridgehead atoms. The van der Waals surface area contributed by atoms with Crippen LogP contribution in [0.25, 0.3) is 0 Å². The molecule has 2 atom stereocenters. The molecule has 0 radical (unpaired) electrons. The fraction of sp³-hybridized carbons (Fsp3) is 0.778.